The predicted octanol–water partition coefficient (Wildman–Crippen LogP) is 4.56. The van der Waals surface area contributed by atoms with Crippen molar-refractivity contribution in [2.45, 2.75) is 10.6 Å². The highest BCUT2D eigenvalue weighted by molar-refractivity contribution is 7.98. The zero-order valence-corrected chi connectivity index (χ0v) is 15.8. The summed E-state index contributed by atoms with van der Waals surface area (Å²) in [5.74, 6) is 1.03. The summed E-state index contributed by atoms with van der Waals surface area (Å²) in [5.41, 5.74) is 2.88. The van der Waals surface area contributed by atoms with Gasteiger partial charge in [-0.3, -0.25) is 9.59 Å². The van der Waals surface area contributed by atoms with Crippen molar-refractivity contribution in [2.24, 2.45) is 0 Å². The molecule has 4 rings (SSSR count). The largest absolute Gasteiger partial charge is 0.482 e. The standard InChI is InChI=1S/C22H18N2O3S/c25-21-13-27-20-11-10-17(12-19(20)24-21)23-22(26)16-8-6-15(7-9-16)14-28-18-4-2-1-3-5-18/h1-12H,13-14H2,(H,23,26)(H,24,25). The summed E-state index contributed by atoms with van der Waals surface area (Å²) in [7, 11) is 0. The number of carbonyl (C=O) groups excluding carboxylic acids is 2. The van der Waals surface area contributed by atoms with Gasteiger partial charge in [-0.25, -0.2) is 0 Å². The van der Waals surface area contributed by atoms with E-state index >= 15 is 0 Å². The Bertz CT molecular complexity index is 1000. The molecule has 1 heterocycles. The fourth-order valence-corrected chi connectivity index (χ4v) is 3.68. The van der Waals surface area contributed by atoms with E-state index in [-0.39, 0.29) is 18.4 Å². The third kappa shape index (κ3) is 4.35. The first-order valence-corrected chi connectivity index (χ1v) is 9.81. The summed E-state index contributed by atoms with van der Waals surface area (Å²) in [5, 5.41) is 5.58. The summed E-state index contributed by atoms with van der Waals surface area (Å²) in [4.78, 5) is 25.1. The van der Waals surface area contributed by atoms with Crippen molar-refractivity contribution in [3.8, 4) is 5.75 Å². The Hall–Kier alpha value is -3.25. The number of anilines is 2. The van der Waals surface area contributed by atoms with E-state index in [2.05, 4.69) is 22.8 Å². The SMILES string of the molecule is O=C1COc2ccc(NC(=O)c3ccc(CSc4ccccc4)cc3)cc2N1. The maximum Gasteiger partial charge on any atom is 0.262 e. The molecule has 5 nitrogen and oxygen atoms in total. The van der Waals surface area contributed by atoms with Gasteiger partial charge in [0.25, 0.3) is 11.8 Å². The molecule has 0 unspecified atom stereocenters. The second-order valence-electron chi connectivity index (χ2n) is 6.30. The van der Waals surface area contributed by atoms with Crippen molar-refractivity contribution in [3.63, 3.8) is 0 Å². The van der Waals surface area contributed by atoms with E-state index < -0.39 is 0 Å². The molecule has 28 heavy (non-hydrogen) atoms. The number of hydrogen-bond acceptors (Lipinski definition) is 4. The summed E-state index contributed by atoms with van der Waals surface area (Å²) in [6.45, 7) is 0.00755. The van der Waals surface area contributed by atoms with Gasteiger partial charge in [0.05, 0.1) is 5.69 Å². The Morgan fingerprint density at radius 3 is 2.61 bits per heavy atom. The number of hydrogen-bond donors (Lipinski definition) is 2. The Labute approximate surface area is 167 Å². The van der Waals surface area contributed by atoms with E-state index in [0.29, 0.717) is 22.7 Å². The number of rotatable bonds is 5. The molecule has 0 aliphatic carbocycles. The Kier molecular flexibility index (Phi) is 5.30. The van der Waals surface area contributed by atoms with Crippen LogP contribution in [0.4, 0.5) is 11.4 Å². The van der Waals surface area contributed by atoms with Crippen LogP contribution in [0.2, 0.25) is 0 Å². The summed E-state index contributed by atoms with van der Waals surface area (Å²) in [6, 6.07) is 22.9. The number of ether oxygens (including phenoxy) is 1. The first-order chi connectivity index (χ1) is 13.7. The van der Waals surface area contributed by atoms with Crippen molar-refractivity contribution in [1.82, 2.24) is 0 Å². The highest BCUT2D eigenvalue weighted by Gasteiger charge is 2.16. The minimum atomic E-state index is -0.208. The maximum absolute atomic E-state index is 12.5. The van der Waals surface area contributed by atoms with Gasteiger partial charge in [0.1, 0.15) is 5.75 Å². The van der Waals surface area contributed by atoms with Crippen LogP contribution in [0, 0.1) is 0 Å². The van der Waals surface area contributed by atoms with Crippen molar-refractivity contribution < 1.29 is 14.3 Å². The molecule has 0 bridgehead atoms. The summed E-state index contributed by atoms with van der Waals surface area (Å²) in [6.07, 6.45) is 0. The highest BCUT2D eigenvalue weighted by Crippen LogP contribution is 2.30. The first-order valence-electron chi connectivity index (χ1n) is 8.82. The molecule has 0 saturated carbocycles. The molecule has 3 aromatic rings. The average Bonchev–Trinajstić information content (AvgIpc) is 2.73. The molecule has 2 N–H and O–H groups in total. The molecule has 3 aromatic carbocycles. The lowest BCUT2D eigenvalue weighted by molar-refractivity contribution is -0.118. The third-order valence-electron chi connectivity index (χ3n) is 4.24. The molecule has 0 aromatic heterocycles. The quantitative estimate of drug-likeness (QED) is 0.627. The van der Waals surface area contributed by atoms with Crippen molar-refractivity contribution in [3.05, 3.63) is 83.9 Å². The smallest absolute Gasteiger partial charge is 0.262 e. The normalized spacial score (nSPS) is 12.5. The van der Waals surface area contributed by atoms with Crippen molar-refractivity contribution in [1.29, 1.82) is 0 Å². The van der Waals surface area contributed by atoms with Gasteiger partial charge >= 0.3 is 0 Å². The second kappa shape index (κ2) is 8.19. The molecule has 0 fully saturated rings. The van der Waals surface area contributed by atoms with Gasteiger partial charge in [0.15, 0.2) is 6.61 Å². The van der Waals surface area contributed by atoms with E-state index in [1.54, 1.807) is 30.0 Å². The molecular weight excluding hydrogens is 372 g/mol. The first kappa shape index (κ1) is 18.1. The zero-order chi connectivity index (χ0) is 19.3. The van der Waals surface area contributed by atoms with Crippen molar-refractivity contribution in [2.75, 3.05) is 17.2 Å². The predicted molar refractivity (Wildman–Crippen MR) is 111 cm³/mol. The number of fused-ring (bicyclic) bond motifs is 1. The summed E-state index contributed by atoms with van der Waals surface area (Å²) >= 11 is 1.76. The molecule has 0 spiro atoms. The fourth-order valence-electron chi connectivity index (χ4n) is 2.80. The molecule has 0 saturated heterocycles. The molecule has 0 atom stereocenters. The minimum Gasteiger partial charge on any atom is -0.482 e. The van der Waals surface area contributed by atoms with E-state index in [1.807, 2.05) is 42.5 Å². The molecule has 2 amide bonds. The number of nitrogens with one attached hydrogen (secondary N) is 2. The van der Waals surface area contributed by atoms with Gasteiger partial charge in [-0.05, 0) is 48.0 Å². The number of amides is 2. The second-order valence-corrected chi connectivity index (χ2v) is 7.35. The van der Waals surface area contributed by atoms with Crippen LogP contribution < -0.4 is 15.4 Å². The molecule has 0 radical (unpaired) electrons. The van der Waals surface area contributed by atoms with Crippen LogP contribution >= 0.6 is 11.8 Å². The molecule has 1 aliphatic rings. The lowest BCUT2D eigenvalue weighted by atomic mass is 10.1. The molecule has 1 aliphatic heterocycles. The number of benzene rings is 3. The average molecular weight is 390 g/mol. The van der Waals surface area contributed by atoms with Gasteiger partial charge in [-0.1, -0.05) is 30.3 Å². The van der Waals surface area contributed by atoms with Crippen LogP contribution in [0.15, 0.2) is 77.7 Å². The zero-order valence-electron chi connectivity index (χ0n) is 15.0. The van der Waals surface area contributed by atoms with E-state index in [4.69, 9.17) is 4.74 Å². The minimum absolute atomic E-state index is 0.00755. The van der Waals surface area contributed by atoms with E-state index in [1.165, 1.54) is 4.90 Å². The Morgan fingerprint density at radius 1 is 1.04 bits per heavy atom. The Balaban J connectivity index is 1.38. The van der Waals surface area contributed by atoms with Crippen LogP contribution in [0.25, 0.3) is 0 Å². The van der Waals surface area contributed by atoms with E-state index in [0.717, 1.165) is 11.3 Å². The maximum atomic E-state index is 12.5. The highest BCUT2D eigenvalue weighted by atomic mass is 32.2. The van der Waals surface area contributed by atoms with Crippen LogP contribution in [0.3, 0.4) is 0 Å². The van der Waals surface area contributed by atoms with E-state index in [9.17, 15) is 9.59 Å². The van der Waals surface area contributed by atoms with Gasteiger partial charge in [-0.2, -0.15) is 0 Å². The molecular formula is C22H18N2O3S. The monoisotopic (exact) mass is 390 g/mol. The van der Waals surface area contributed by atoms with Gasteiger partial charge in [-0.15, -0.1) is 11.8 Å². The number of carbonyl (C=O) groups is 2. The third-order valence-corrected chi connectivity index (χ3v) is 5.32. The molecule has 6 heteroatoms. The summed E-state index contributed by atoms with van der Waals surface area (Å²) < 4.78 is 5.32. The topological polar surface area (TPSA) is 67.4 Å². The van der Waals surface area contributed by atoms with Gasteiger partial charge < -0.3 is 15.4 Å². The van der Waals surface area contributed by atoms with Crippen LogP contribution in [-0.4, -0.2) is 18.4 Å². The van der Waals surface area contributed by atoms with Crippen LogP contribution in [-0.2, 0) is 10.5 Å². The van der Waals surface area contributed by atoms with Crippen LogP contribution in [0.1, 0.15) is 15.9 Å². The van der Waals surface area contributed by atoms with Crippen molar-refractivity contribution >= 4 is 35.0 Å². The molecule has 140 valence electrons. The lowest BCUT2D eigenvalue weighted by Crippen LogP contribution is -2.25. The fraction of sp³-hybridized carbons (Fsp3) is 0.0909. The number of thioether (sulfide) groups is 1. The van der Waals surface area contributed by atoms with Crippen LogP contribution in [0.5, 0.6) is 5.75 Å². The lowest BCUT2D eigenvalue weighted by Gasteiger charge is -2.18. The Morgan fingerprint density at radius 2 is 1.82 bits per heavy atom. The van der Waals surface area contributed by atoms with Gasteiger partial charge in [0.2, 0.25) is 0 Å². The van der Waals surface area contributed by atoms with Gasteiger partial charge in [0, 0.05) is 21.9 Å².